The van der Waals surface area contributed by atoms with Crippen LogP contribution in [-0.4, -0.2) is 31.1 Å². The lowest BCUT2D eigenvalue weighted by molar-refractivity contribution is 0.0777. The van der Waals surface area contributed by atoms with Gasteiger partial charge in [-0.25, -0.2) is 0 Å². The minimum atomic E-state index is 0.315. The summed E-state index contributed by atoms with van der Waals surface area (Å²) < 4.78 is 0. The first kappa shape index (κ1) is 12.2. The van der Waals surface area contributed by atoms with Gasteiger partial charge in [-0.1, -0.05) is 29.8 Å². The molecule has 0 atom stereocenters. The molecule has 1 N–H and O–H groups in total. The number of hydrogen-bond donors (Lipinski definition) is 1. The normalized spacial score (nSPS) is 24.3. The van der Waals surface area contributed by atoms with E-state index in [0.717, 1.165) is 13.1 Å². The Morgan fingerprint density at radius 2 is 1.61 bits per heavy atom. The Bertz CT molecular complexity index is 384. The fourth-order valence-electron chi connectivity index (χ4n) is 3.64. The monoisotopic (exact) mass is 244 g/mol. The number of benzene rings is 1. The smallest absolute Gasteiger partial charge is 0.0484 e. The molecule has 0 radical (unpaired) electrons. The highest BCUT2D eigenvalue weighted by molar-refractivity contribution is 5.29. The third-order valence-electron chi connectivity index (χ3n) is 4.73. The zero-order chi connectivity index (χ0) is 12.4. The summed E-state index contributed by atoms with van der Waals surface area (Å²) >= 11 is 0. The number of hydrogen-bond acceptors (Lipinski definition) is 2. The maximum absolute atomic E-state index is 3.52. The average Bonchev–Trinajstić information content (AvgIpc) is 2.95. The van der Waals surface area contributed by atoms with E-state index in [9.17, 15) is 0 Å². The molecular weight excluding hydrogens is 220 g/mol. The molecule has 1 aromatic rings. The molecule has 0 bridgehead atoms. The predicted molar refractivity (Wildman–Crippen MR) is 75.8 cm³/mol. The minimum Gasteiger partial charge on any atom is -0.317 e. The quantitative estimate of drug-likeness (QED) is 0.860. The highest BCUT2D eigenvalue weighted by Gasteiger charge is 2.40. The maximum Gasteiger partial charge on any atom is 0.0484 e. The minimum absolute atomic E-state index is 0.315. The maximum atomic E-state index is 3.52. The van der Waals surface area contributed by atoms with Crippen LogP contribution in [0, 0.1) is 6.92 Å². The molecule has 2 fully saturated rings. The summed E-state index contributed by atoms with van der Waals surface area (Å²) in [7, 11) is 0. The van der Waals surface area contributed by atoms with Crippen LogP contribution in [0.3, 0.4) is 0 Å². The van der Waals surface area contributed by atoms with E-state index in [-0.39, 0.29) is 0 Å². The van der Waals surface area contributed by atoms with Crippen molar-refractivity contribution >= 4 is 0 Å². The van der Waals surface area contributed by atoms with Crippen molar-refractivity contribution < 1.29 is 0 Å². The van der Waals surface area contributed by atoms with Crippen LogP contribution < -0.4 is 5.32 Å². The van der Waals surface area contributed by atoms with Crippen LogP contribution in [-0.2, 0) is 5.54 Å². The van der Waals surface area contributed by atoms with E-state index in [4.69, 9.17) is 0 Å². The number of nitrogens with one attached hydrogen (secondary N) is 1. The van der Waals surface area contributed by atoms with Gasteiger partial charge in [0.2, 0.25) is 0 Å². The molecule has 0 saturated carbocycles. The van der Waals surface area contributed by atoms with Gasteiger partial charge in [0.05, 0.1) is 0 Å². The molecular formula is C16H24N2. The van der Waals surface area contributed by atoms with Crippen LogP contribution in [0.15, 0.2) is 24.3 Å². The zero-order valence-electron chi connectivity index (χ0n) is 11.4. The Labute approximate surface area is 110 Å². The SMILES string of the molecule is Cc1ccc(C2(N3CCCC3)CCNCC2)cc1. The second-order valence-electron chi connectivity index (χ2n) is 5.84. The second-order valence-corrected chi connectivity index (χ2v) is 5.84. The number of nitrogens with zero attached hydrogens (tertiary/aromatic N) is 1. The lowest BCUT2D eigenvalue weighted by atomic mass is 9.79. The van der Waals surface area contributed by atoms with E-state index in [1.165, 1.54) is 49.9 Å². The second kappa shape index (κ2) is 5.02. The van der Waals surface area contributed by atoms with E-state index in [1.807, 2.05) is 0 Å². The first-order chi connectivity index (χ1) is 8.81. The van der Waals surface area contributed by atoms with Crippen molar-refractivity contribution in [1.82, 2.24) is 10.2 Å². The summed E-state index contributed by atoms with van der Waals surface area (Å²) in [6.07, 6.45) is 5.27. The van der Waals surface area contributed by atoms with E-state index in [1.54, 1.807) is 0 Å². The fraction of sp³-hybridized carbons (Fsp3) is 0.625. The van der Waals surface area contributed by atoms with Gasteiger partial charge in [0.25, 0.3) is 0 Å². The Balaban J connectivity index is 1.95. The molecule has 2 aliphatic rings. The van der Waals surface area contributed by atoms with Gasteiger partial charge in [0.15, 0.2) is 0 Å². The lowest BCUT2D eigenvalue weighted by Gasteiger charge is -2.45. The van der Waals surface area contributed by atoms with Crippen molar-refractivity contribution in [1.29, 1.82) is 0 Å². The third kappa shape index (κ3) is 2.08. The van der Waals surface area contributed by atoms with Crippen molar-refractivity contribution in [3.63, 3.8) is 0 Å². The summed E-state index contributed by atoms with van der Waals surface area (Å²) in [5.74, 6) is 0. The number of aryl methyl sites for hydroxylation is 1. The standard InChI is InChI=1S/C16H24N2/c1-14-4-6-15(7-5-14)16(8-10-17-11-9-16)18-12-2-3-13-18/h4-7,17H,2-3,8-13H2,1H3. The average molecular weight is 244 g/mol. The van der Waals surface area contributed by atoms with Crippen molar-refractivity contribution in [2.75, 3.05) is 26.2 Å². The summed E-state index contributed by atoms with van der Waals surface area (Å²) in [5, 5.41) is 3.52. The number of rotatable bonds is 2. The molecule has 2 saturated heterocycles. The molecule has 3 rings (SSSR count). The molecule has 0 aliphatic carbocycles. The van der Waals surface area contributed by atoms with E-state index < -0.39 is 0 Å². The van der Waals surface area contributed by atoms with Crippen molar-refractivity contribution in [2.24, 2.45) is 0 Å². The Hall–Kier alpha value is -0.860. The zero-order valence-corrected chi connectivity index (χ0v) is 11.4. The Kier molecular flexibility index (Phi) is 3.40. The predicted octanol–water partition coefficient (Wildman–Crippen LogP) is 2.67. The molecule has 2 heterocycles. The van der Waals surface area contributed by atoms with Gasteiger partial charge in [-0.2, -0.15) is 0 Å². The molecule has 0 aromatic heterocycles. The first-order valence-electron chi connectivity index (χ1n) is 7.34. The molecule has 2 nitrogen and oxygen atoms in total. The van der Waals surface area contributed by atoms with Crippen LogP contribution in [0.2, 0.25) is 0 Å². The summed E-state index contributed by atoms with van der Waals surface area (Å²) in [6, 6.07) is 9.27. The van der Waals surface area contributed by atoms with Gasteiger partial charge in [-0.15, -0.1) is 0 Å². The van der Waals surface area contributed by atoms with Gasteiger partial charge in [0, 0.05) is 5.54 Å². The van der Waals surface area contributed by atoms with Crippen molar-refractivity contribution in [3.8, 4) is 0 Å². The molecule has 98 valence electrons. The number of piperidine rings is 1. The number of likely N-dealkylation sites (tertiary alicyclic amines) is 1. The highest BCUT2D eigenvalue weighted by atomic mass is 15.2. The van der Waals surface area contributed by atoms with E-state index >= 15 is 0 Å². The molecule has 2 aliphatic heterocycles. The third-order valence-corrected chi connectivity index (χ3v) is 4.73. The van der Waals surface area contributed by atoms with E-state index in [0.29, 0.717) is 5.54 Å². The molecule has 18 heavy (non-hydrogen) atoms. The summed E-state index contributed by atoms with van der Waals surface area (Å²) in [4.78, 5) is 2.75. The summed E-state index contributed by atoms with van der Waals surface area (Å²) in [6.45, 7) is 7.06. The van der Waals surface area contributed by atoms with Gasteiger partial charge < -0.3 is 5.32 Å². The van der Waals surface area contributed by atoms with Crippen LogP contribution in [0.5, 0.6) is 0 Å². The van der Waals surface area contributed by atoms with Crippen LogP contribution in [0.4, 0.5) is 0 Å². The first-order valence-corrected chi connectivity index (χ1v) is 7.34. The highest BCUT2D eigenvalue weighted by Crippen LogP contribution is 2.39. The van der Waals surface area contributed by atoms with Gasteiger partial charge in [-0.3, -0.25) is 4.90 Å². The lowest BCUT2D eigenvalue weighted by Crippen LogP contribution is -2.51. The van der Waals surface area contributed by atoms with Gasteiger partial charge >= 0.3 is 0 Å². The van der Waals surface area contributed by atoms with Crippen LogP contribution in [0.1, 0.15) is 36.8 Å². The molecule has 1 aromatic carbocycles. The van der Waals surface area contributed by atoms with Crippen molar-refractivity contribution in [3.05, 3.63) is 35.4 Å². The van der Waals surface area contributed by atoms with Crippen LogP contribution in [0.25, 0.3) is 0 Å². The molecule has 0 amide bonds. The van der Waals surface area contributed by atoms with E-state index in [2.05, 4.69) is 41.4 Å². The topological polar surface area (TPSA) is 15.3 Å². The fourth-order valence-corrected chi connectivity index (χ4v) is 3.64. The van der Waals surface area contributed by atoms with Gasteiger partial charge in [-0.05, 0) is 64.3 Å². The largest absolute Gasteiger partial charge is 0.317 e. The van der Waals surface area contributed by atoms with Gasteiger partial charge in [0.1, 0.15) is 0 Å². The molecule has 0 spiro atoms. The van der Waals surface area contributed by atoms with Crippen molar-refractivity contribution in [2.45, 2.75) is 38.1 Å². The molecule has 2 heteroatoms. The van der Waals surface area contributed by atoms with Crippen LogP contribution >= 0.6 is 0 Å². The Morgan fingerprint density at radius 3 is 2.22 bits per heavy atom. The Morgan fingerprint density at radius 1 is 1.00 bits per heavy atom. The summed E-state index contributed by atoms with van der Waals surface area (Å²) in [5.41, 5.74) is 3.22. The molecule has 0 unspecified atom stereocenters.